The van der Waals surface area contributed by atoms with Crippen molar-refractivity contribution in [1.82, 2.24) is 19.2 Å². The number of carbonyl (C=O) groups excluding carboxylic acids is 1. The molecule has 1 aromatic heterocycles. The van der Waals surface area contributed by atoms with Crippen LogP contribution in [0.2, 0.25) is 0 Å². The van der Waals surface area contributed by atoms with Crippen LogP contribution in [0, 0.1) is 0 Å². The fourth-order valence-electron chi connectivity index (χ4n) is 4.17. The smallest absolute Gasteiger partial charge is 0.242 e. The van der Waals surface area contributed by atoms with E-state index in [1.807, 2.05) is 36.6 Å². The summed E-state index contributed by atoms with van der Waals surface area (Å²) in [6.07, 6.45) is 0.763. The van der Waals surface area contributed by atoms with E-state index < -0.39 is 10.0 Å². The number of carbonyl (C=O) groups is 1. The maximum absolute atomic E-state index is 12.7. The van der Waals surface area contributed by atoms with E-state index in [-0.39, 0.29) is 16.8 Å². The third-order valence-corrected chi connectivity index (χ3v) is 7.93. The molecule has 0 radical (unpaired) electrons. The number of fused-ring (bicyclic) bond motifs is 2. The Morgan fingerprint density at radius 3 is 2.50 bits per heavy atom. The molecule has 7 nitrogen and oxygen atoms in total. The molecular weight excluding hydrogens is 448 g/mol. The zero-order valence-corrected chi connectivity index (χ0v) is 20.8. The molecule has 0 aliphatic rings. The predicted octanol–water partition coefficient (Wildman–Crippen LogP) is 4.27. The molecule has 1 unspecified atom stereocenters. The van der Waals surface area contributed by atoms with Crippen molar-refractivity contribution in [1.29, 1.82) is 0 Å². The monoisotopic (exact) mass is 478 g/mol. The number of benzene rings is 3. The molecular formula is C26H30N4O3S. The molecule has 0 aliphatic heterocycles. The first-order chi connectivity index (χ1) is 16.2. The Labute approximate surface area is 200 Å². The van der Waals surface area contributed by atoms with Gasteiger partial charge in [0.2, 0.25) is 15.9 Å². The van der Waals surface area contributed by atoms with Crippen LogP contribution in [-0.2, 0) is 27.8 Å². The Kier molecular flexibility index (Phi) is 6.72. The van der Waals surface area contributed by atoms with E-state index in [0.717, 1.165) is 22.3 Å². The molecule has 0 spiro atoms. The van der Waals surface area contributed by atoms with Gasteiger partial charge in [0, 0.05) is 33.5 Å². The lowest BCUT2D eigenvalue weighted by atomic mass is 10.0. The highest BCUT2D eigenvalue weighted by atomic mass is 32.2. The quantitative estimate of drug-likeness (QED) is 0.410. The van der Waals surface area contributed by atoms with Crippen LogP contribution >= 0.6 is 0 Å². The summed E-state index contributed by atoms with van der Waals surface area (Å²) in [6.45, 7) is 4.67. The summed E-state index contributed by atoms with van der Waals surface area (Å²) in [7, 11) is -0.524. The van der Waals surface area contributed by atoms with Crippen molar-refractivity contribution in [3.05, 3.63) is 72.1 Å². The molecule has 0 bridgehead atoms. The molecule has 1 atom stereocenters. The van der Waals surface area contributed by atoms with Crippen molar-refractivity contribution >= 4 is 37.7 Å². The van der Waals surface area contributed by atoms with E-state index in [4.69, 9.17) is 0 Å². The van der Waals surface area contributed by atoms with Crippen LogP contribution in [-0.4, -0.2) is 42.3 Å². The van der Waals surface area contributed by atoms with Crippen molar-refractivity contribution in [2.24, 2.45) is 0 Å². The highest BCUT2D eigenvalue weighted by Crippen LogP contribution is 2.23. The number of hydrogen-bond acceptors (Lipinski definition) is 4. The second-order valence-electron chi connectivity index (χ2n) is 8.61. The van der Waals surface area contributed by atoms with Gasteiger partial charge in [-0.1, -0.05) is 36.4 Å². The fraction of sp³-hybridized carbons (Fsp3) is 0.308. The van der Waals surface area contributed by atoms with Crippen molar-refractivity contribution in [3.63, 3.8) is 0 Å². The van der Waals surface area contributed by atoms with Gasteiger partial charge in [-0.15, -0.1) is 0 Å². The van der Waals surface area contributed by atoms with Crippen LogP contribution in [0.25, 0.3) is 21.8 Å². The van der Waals surface area contributed by atoms with Gasteiger partial charge in [-0.3, -0.25) is 4.79 Å². The standard InChI is InChI=1S/C26H30N4O3S/c1-5-30-24-13-12-22(34(32,33)29(3)4)17-23(24)28-25(30)14-15-26(31)27-18(2)20-11-10-19-8-6-7-9-21(19)16-20/h6-13,16-18H,5,14-15H2,1-4H3,(H,27,31). The number of aromatic nitrogens is 2. The number of nitrogens with zero attached hydrogens (tertiary/aromatic N) is 3. The van der Waals surface area contributed by atoms with Gasteiger partial charge in [-0.05, 0) is 54.4 Å². The molecule has 34 heavy (non-hydrogen) atoms. The first-order valence-electron chi connectivity index (χ1n) is 11.4. The number of hydrogen-bond donors (Lipinski definition) is 1. The maximum Gasteiger partial charge on any atom is 0.242 e. The predicted molar refractivity (Wildman–Crippen MR) is 135 cm³/mol. The van der Waals surface area contributed by atoms with Crippen molar-refractivity contribution in [2.75, 3.05) is 14.1 Å². The molecule has 0 saturated heterocycles. The number of imidazole rings is 1. The summed E-state index contributed by atoms with van der Waals surface area (Å²) >= 11 is 0. The lowest BCUT2D eigenvalue weighted by Gasteiger charge is -2.15. The summed E-state index contributed by atoms with van der Waals surface area (Å²) in [5.74, 6) is 0.719. The molecule has 3 aromatic carbocycles. The second kappa shape index (κ2) is 9.56. The van der Waals surface area contributed by atoms with Gasteiger partial charge in [0.05, 0.1) is 22.0 Å². The second-order valence-corrected chi connectivity index (χ2v) is 10.8. The largest absolute Gasteiger partial charge is 0.350 e. The third-order valence-electron chi connectivity index (χ3n) is 6.12. The molecule has 8 heteroatoms. The average Bonchev–Trinajstić information content (AvgIpc) is 3.19. The zero-order valence-electron chi connectivity index (χ0n) is 19.9. The molecule has 0 fully saturated rings. The van der Waals surface area contributed by atoms with E-state index in [0.29, 0.717) is 24.9 Å². The SMILES string of the molecule is CCn1c(CCC(=O)NC(C)c2ccc3ccccc3c2)nc2cc(S(=O)(=O)N(C)C)ccc21. The third kappa shape index (κ3) is 4.69. The lowest BCUT2D eigenvalue weighted by molar-refractivity contribution is -0.121. The van der Waals surface area contributed by atoms with Gasteiger partial charge in [0.15, 0.2) is 0 Å². The molecule has 0 saturated carbocycles. The summed E-state index contributed by atoms with van der Waals surface area (Å²) in [5.41, 5.74) is 2.53. The molecule has 4 rings (SSSR count). The van der Waals surface area contributed by atoms with Gasteiger partial charge in [-0.2, -0.15) is 0 Å². The molecule has 0 aliphatic carbocycles. The summed E-state index contributed by atoms with van der Waals surface area (Å²) in [6, 6.07) is 19.3. The van der Waals surface area contributed by atoms with Gasteiger partial charge < -0.3 is 9.88 Å². The van der Waals surface area contributed by atoms with Gasteiger partial charge >= 0.3 is 0 Å². The first-order valence-corrected chi connectivity index (χ1v) is 12.8. The molecule has 1 N–H and O–H groups in total. The maximum atomic E-state index is 12.7. The normalized spacial score (nSPS) is 13.0. The fourth-order valence-corrected chi connectivity index (χ4v) is 5.10. The summed E-state index contributed by atoms with van der Waals surface area (Å²) in [4.78, 5) is 17.6. The van der Waals surface area contributed by atoms with E-state index in [1.54, 1.807) is 18.2 Å². The Hall–Kier alpha value is -3.23. The minimum Gasteiger partial charge on any atom is -0.350 e. The molecule has 178 valence electrons. The van der Waals surface area contributed by atoms with Crippen LogP contribution in [0.3, 0.4) is 0 Å². The lowest BCUT2D eigenvalue weighted by Crippen LogP contribution is -2.27. The average molecular weight is 479 g/mol. The number of rotatable bonds is 8. The van der Waals surface area contributed by atoms with Crippen LogP contribution in [0.15, 0.2) is 65.6 Å². The zero-order chi connectivity index (χ0) is 24.5. The molecule has 1 heterocycles. The Balaban J connectivity index is 1.48. The topological polar surface area (TPSA) is 84.3 Å². The number of sulfonamides is 1. The Bertz CT molecular complexity index is 1460. The van der Waals surface area contributed by atoms with Crippen molar-refractivity contribution < 1.29 is 13.2 Å². The number of amides is 1. The van der Waals surface area contributed by atoms with Crippen LogP contribution in [0.1, 0.15) is 37.7 Å². The Morgan fingerprint density at radius 2 is 1.79 bits per heavy atom. The highest BCUT2D eigenvalue weighted by molar-refractivity contribution is 7.89. The van der Waals surface area contributed by atoms with Crippen LogP contribution < -0.4 is 5.32 Å². The number of nitrogens with one attached hydrogen (secondary N) is 1. The van der Waals surface area contributed by atoms with Crippen molar-refractivity contribution in [3.8, 4) is 0 Å². The van der Waals surface area contributed by atoms with E-state index in [9.17, 15) is 13.2 Å². The highest BCUT2D eigenvalue weighted by Gasteiger charge is 2.20. The van der Waals surface area contributed by atoms with Gasteiger partial charge in [0.1, 0.15) is 5.82 Å². The van der Waals surface area contributed by atoms with E-state index >= 15 is 0 Å². The van der Waals surface area contributed by atoms with Crippen molar-refractivity contribution in [2.45, 2.75) is 44.2 Å². The van der Waals surface area contributed by atoms with E-state index in [1.165, 1.54) is 23.8 Å². The van der Waals surface area contributed by atoms with Crippen LogP contribution in [0.4, 0.5) is 0 Å². The van der Waals surface area contributed by atoms with E-state index in [2.05, 4.69) is 34.6 Å². The molecule has 4 aromatic rings. The summed E-state index contributed by atoms with van der Waals surface area (Å²) in [5, 5.41) is 5.40. The summed E-state index contributed by atoms with van der Waals surface area (Å²) < 4.78 is 28.2. The number of aryl methyl sites for hydroxylation is 2. The Morgan fingerprint density at radius 1 is 1.06 bits per heavy atom. The van der Waals surface area contributed by atoms with Crippen LogP contribution in [0.5, 0.6) is 0 Å². The minimum absolute atomic E-state index is 0.0498. The van der Waals surface area contributed by atoms with Gasteiger partial charge in [-0.25, -0.2) is 17.7 Å². The minimum atomic E-state index is -3.54. The van der Waals surface area contributed by atoms with Gasteiger partial charge in [0.25, 0.3) is 0 Å². The molecule has 1 amide bonds. The first kappa shape index (κ1) is 23.9.